The van der Waals surface area contributed by atoms with Crippen LogP contribution in [-0.2, 0) is 9.53 Å². The van der Waals surface area contributed by atoms with Crippen molar-refractivity contribution in [3.63, 3.8) is 0 Å². The summed E-state index contributed by atoms with van der Waals surface area (Å²) in [7, 11) is 0. The Labute approximate surface area is 96.9 Å². The van der Waals surface area contributed by atoms with Crippen LogP contribution in [0, 0.1) is 0 Å². The average molecular weight is 218 g/mol. The van der Waals surface area contributed by atoms with Crippen molar-refractivity contribution in [2.75, 3.05) is 6.61 Å². The molecule has 0 N–H and O–H groups in total. The molecule has 1 rings (SSSR count). The van der Waals surface area contributed by atoms with Gasteiger partial charge < -0.3 is 4.74 Å². The Morgan fingerprint density at radius 1 is 1.38 bits per heavy atom. The van der Waals surface area contributed by atoms with Gasteiger partial charge in [0.05, 0.1) is 6.42 Å². The average Bonchev–Trinajstić information content (AvgIpc) is 2.27. The van der Waals surface area contributed by atoms with Gasteiger partial charge in [-0.05, 0) is 24.0 Å². The van der Waals surface area contributed by atoms with E-state index in [2.05, 4.69) is 6.58 Å². The maximum atomic E-state index is 11.5. The van der Waals surface area contributed by atoms with Gasteiger partial charge in [-0.15, -0.1) is 0 Å². The zero-order chi connectivity index (χ0) is 12.0. The van der Waals surface area contributed by atoms with Crippen molar-refractivity contribution in [1.82, 2.24) is 0 Å². The lowest BCUT2D eigenvalue weighted by molar-refractivity contribution is -0.143. The number of rotatable bonds is 5. The summed E-state index contributed by atoms with van der Waals surface area (Å²) >= 11 is 0. The molecule has 16 heavy (non-hydrogen) atoms. The first-order valence-electron chi connectivity index (χ1n) is 5.44. The second kappa shape index (κ2) is 6.11. The fraction of sp³-hybridized carbons (Fsp3) is 0.357. The Hall–Kier alpha value is -1.57. The molecule has 0 bridgehead atoms. The maximum Gasteiger partial charge on any atom is 0.306 e. The van der Waals surface area contributed by atoms with Gasteiger partial charge in [0.15, 0.2) is 0 Å². The molecule has 0 fully saturated rings. The summed E-state index contributed by atoms with van der Waals surface area (Å²) in [6.45, 7) is 7.87. The van der Waals surface area contributed by atoms with Gasteiger partial charge in [0, 0.05) is 0 Å². The molecule has 0 heterocycles. The van der Waals surface area contributed by atoms with Crippen LogP contribution in [0.15, 0.2) is 42.5 Å². The van der Waals surface area contributed by atoms with E-state index in [0.717, 1.165) is 11.1 Å². The number of benzene rings is 1. The summed E-state index contributed by atoms with van der Waals surface area (Å²) in [6, 6.07) is 9.97. The Morgan fingerprint density at radius 2 is 2.00 bits per heavy atom. The van der Waals surface area contributed by atoms with Crippen LogP contribution in [0.1, 0.15) is 31.7 Å². The normalized spacial score (nSPS) is 11.9. The molecule has 2 nitrogen and oxygen atoms in total. The highest BCUT2D eigenvalue weighted by Gasteiger charge is 2.11. The predicted octanol–water partition coefficient (Wildman–Crippen LogP) is 3.30. The smallest absolute Gasteiger partial charge is 0.306 e. The third kappa shape index (κ3) is 4.30. The molecule has 0 spiro atoms. The first kappa shape index (κ1) is 12.5. The Balaban J connectivity index is 2.43. The van der Waals surface area contributed by atoms with E-state index in [1.54, 1.807) is 0 Å². The molecule has 0 aliphatic rings. The van der Waals surface area contributed by atoms with Crippen LogP contribution in [0.25, 0.3) is 0 Å². The minimum atomic E-state index is -0.167. The molecule has 1 unspecified atom stereocenters. The molecule has 1 aromatic carbocycles. The number of hydrogen-bond donors (Lipinski definition) is 0. The summed E-state index contributed by atoms with van der Waals surface area (Å²) in [5.41, 5.74) is 2.02. The van der Waals surface area contributed by atoms with E-state index in [1.807, 2.05) is 44.2 Å². The molecule has 0 amide bonds. The summed E-state index contributed by atoms with van der Waals surface area (Å²) in [5.74, 6) is 0.0261. The van der Waals surface area contributed by atoms with E-state index in [1.165, 1.54) is 0 Å². The summed E-state index contributed by atoms with van der Waals surface area (Å²) in [6.07, 6.45) is 0.414. The number of ether oxygens (including phenoxy) is 1. The van der Waals surface area contributed by atoms with Crippen molar-refractivity contribution < 1.29 is 9.53 Å². The maximum absolute atomic E-state index is 11.5. The fourth-order valence-electron chi connectivity index (χ4n) is 1.41. The lowest BCUT2D eigenvalue weighted by Crippen LogP contribution is -2.09. The molecule has 0 saturated carbocycles. The topological polar surface area (TPSA) is 26.3 Å². The molecule has 0 aliphatic heterocycles. The van der Waals surface area contributed by atoms with E-state index >= 15 is 0 Å². The van der Waals surface area contributed by atoms with Crippen molar-refractivity contribution in [2.45, 2.75) is 26.2 Å². The molecule has 2 heteroatoms. The van der Waals surface area contributed by atoms with E-state index in [0.29, 0.717) is 13.0 Å². The molecule has 0 aliphatic carbocycles. The largest absolute Gasteiger partial charge is 0.461 e. The van der Waals surface area contributed by atoms with Gasteiger partial charge >= 0.3 is 5.97 Å². The standard InChI is InChI=1S/C14H18O2/c1-11(2)10-16-14(15)9-12(3)13-7-5-4-6-8-13/h4-8,12H,1,9-10H2,2-3H3. The van der Waals surface area contributed by atoms with E-state index in [4.69, 9.17) is 4.74 Å². The number of carbonyl (C=O) groups excluding carboxylic acids is 1. The van der Waals surface area contributed by atoms with Crippen LogP contribution in [0.4, 0.5) is 0 Å². The summed E-state index contributed by atoms with van der Waals surface area (Å²) in [4.78, 5) is 11.5. The Bertz CT molecular complexity index is 354. The van der Waals surface area contributed by atoms with Gasteiger partial charge in [0.1, 0.15) is 6.61 Å². The first-order valence-corrected chi connectivity index (χ1v) is 5.44. The van der Waals surface area contributed by atoms with Gasteiger partial charge in [-0.1, -0.05) is 43.8 Å². The van der Waals surface area contributed by atoms with Gasteiger partial charge in [0.2, 0.25) is 0 Å². The molecular formula is C14H18O2. The lowest BCUT2D eigenvalue weighted by Gasteiger charge is -2.11. The fourth-order valence-corrected chi connectivity index (χ4v) is 1.41. The van der Waals surface area contributed by atoms with Crippen LogP contribution >= 0.6 is 0 Å². The molecule has 0 radical (unpaired) electrons. The number of hydrogen-bond acceptors (Lipinski definition) is 2. The predicted molar refractivity (Wildman–Crippen MR) is 65.2 cm³/mol. The second-order valence-electron chi connectivity index (χ2n) is 4.13. The van der Waals surface area contributed by atoms with Crippen molar-refractivity contribution >= 4 is 5.97 Å². The number of carbonyl (C=O) groups is 1. The van der Waals surface area contributed by atoms with Crippen molar-refractivity contribution in [3.8, 4) is 0 Å². The zero-order valence-electron chi connectivity index (χ0n) is 9.90. The van der Waals surface area contributed by atoms with Crippen LogP contribution in [0.5, 0.6) is 0 Å². The highest BCUT2D eigenvalue weighted by Crippen LogP contribution is 2.18. The minimum absolute atomic E-state index is 0.167. The Morgan fingerprint density at radius 3 is 2.56 bits per heavy atom. The SMILES string of the molecule is C=C(C)COC(=O)CC(C)c1ccccc1. The number of esters is 1. The highest BCUT2D eigenvalue weighted by molar-refractivity contribution is 5.70. The van der Waals surface area contributed by atoms with Crippen LogP contribution < -0.4 is 0 Å². The molecule has 0 aromatic heterocycles. The molecule has 86 valence electrons. The molecule has 1 atom stereocenters. The molecule has 1 aromatic rings. The van der Waals surface area contributed by atoms with Gasteiger partial charge in [0.25, 0.3) is 0 Å². The minimum Gasteiger partial charge on any atom is -0.461 e. The summed E-state index contributed by atoms with van der Waals surface area (Å²) < 4.78 is 5.06. The van der Waals surface area contributed by atoms with Gasteiger partial charge in [-0.3, -0.25) is 4.79 Å². The van der Waals surface area contributed by atoms with E-state index in [-0.39, 0.29) is 11.9 Å². The summed E-state index contributed by atoms with van der Waals surface area (Å²) in [5, 5.41) is 0. The van der Waals surface area contributed by atoms with Crippen LogP contribution in [0.2, 0.25) is 0 Å². The highest BCUT2D eigenvalue weighted by atomic mass is 16.5. The van der Waals surface area contributed by atoms with Crippen molar-refractivity contribution in [1.29, 1.82) is 0 Å². The van der Waals surface area contributed by atoms with Gasteiger partial charge in [-0.25, -0.2) is 0 Å². The third-order valence-electron chi connectivity index (χ3n) is 2.32. The lowest BCUT2D eigenvalue weighted by atomic mass is 9.98. The van der Waals surface area contributed by atoms with Crippen molar-refractivity contribution in [3.05, 3.63) is 48.0 Å². The van der Waals surface area contributed by atoms with E-state index < -0.39 is 0 Å². The van der Waals surface area contributed by atoms with Gasteiger partial charge in [-0.2, -0.15) is 0 Å². The first-order chi connectivity index (χ1) is 7.59. The molecule has 0 saturated heterocycles. The quantitative estimate of drug-likeness (QED) is 0.560. The molecular weight excluding hydrogens is 200 g/mol. The van der Waals surface area contributed by atoms with Crippen LogP contribution in [0.3, 0.4) is 0 Å². The van der Waals surface area contributed by atoms with Crippen LogP contribution in [-0.4, -0.2) is 12.6 Å². The zero-order valence-corrected chi connectivity index (χ0v) is 9.90. The van der Waals surface area contributed by atoms with Crippen molar-refractivity contribution in [2.24, 2.45) is 0 Å². The second-order valence-corrected chi connectivity index (χ2v) is 4.13. The van der Waals surface area contributed by atoms with E-state index in [9.17, 15) is 4.79 Å². The third-order valence-corrected chi connectivity index (χ3v) is 2.32. The monoisotopic (exact) mass is 218 g/mol. The Kier molecular flexibility index (Phi) is 4.77.